The van der Waals surface area contributed by atoms with Crippen LogP contribution in [0, 0.1) is 23.7 Å². The molecule has 0 unspecified atom stereocenters. The van der Waals surface area contributed by atoms with Crippen LogP contribution in [-0.2, 0) is 6.42 Å². The maximum Gasteiger partial charge on any atom is 0.209 e. The predicted molar refractivity (Wildman–Crippen MR) is 169 cm³/mol. The fraction of sp³-hybridized carbons (Fsp3) is 0.351. The monoisotopic (exact) mass is 574 g/mol. The zero-order valence-corrected chi connectivity index (χ0v) is 24.8. The molecule has 0 aromatic heterocycles. The highest BCUT2D eigenvalue weighted by atomic mass is 16.1. The molecule has 43 heavy (non-hydrogen) atoms. The van der Waals surface area contributed by atoms with Crippen molar-refractivity contribution in [3.63, 3.8) is 0 Å². The number of carbonyl (C=O) groups is 4. The van der Waals surface area contributed by atoms with E-state index >= 15 is 0 Å². The molecule has 2 aliphatic carbocycles. The Labute approximate surface area is 254 Å². The van der Waals surface area contributed by atoms with Crippen molar-refractivity contribution >= 4 is 23.1 Å². The van der Waals surface area contributed by atoms with Crippen molar-refractivity contribution in [2.24, 2.45) is 0 Å². The minimum atomic E-state index is -0.179. The molecule has 0 saturated carbocycles. The highest BCUT2D eigenvalue weighted by molar-refractivity contribution is 6.25. The lowest BCUT2D eigenvalue weighted by Crippen LogP contribution is -2.27. The highest BCUT2D eigenvalue weighted by Crippen LogP contribution is 2.23. The summed E-state index contributed by atoms with van der Waals surface area (Å²) in [7, 11) is 0. The molecule has 220 valence electrons. The van der Waals surface area contributed by atoms with Gasteiger partial charge in [-0.2, -0.15) is 0 Å². The summed E-state index contributed by atoms with van der Waals surface area (Å²) in [6, 6.07) is 12.3. The van der Waals surface area contributed by atoms with Gasteiger partial charge < -0.3 is 10.6 Å². The number of benzene rings is 2. The molecule has 2 aromatic carbocycles. The van der Waals surface area contributed by atoms with E-state index < -0.39 is 0 Å². The second-order valence-corrected chi connectivity index (χ2v) is 10.7. The number of ketones is 4. The van der Waals surface area contributed by atoms with Crippen LogP contribution in [0.1, 0.15) is 112 Å². The first-order chi connectivity index (χ1) is 21.0. The lowest BCUT2D eigenvalue weighted by Gasteiger charge is -2.16. The molecule has 0 saturated heterocycles. The Hall–Kier alpha value is -4.68. The van der Waals surface area contributed by atoms with Gasteiger partial charge in [0, 0.05) is 60.2 Å². The first-order valence-electron chi connectivity index (χ1n) is 15.2. The molecule has 0 amide bonds. The van der Waals surface area contributed by atoms with Crippen molar-refractivity contribution in [2.45, 2.75) is 71.1 Å². The zero-order valence-electron chi connectivity index (χ0n) is 24.8. The maximum absolute atomic E-state index is 12.9. The van der Waals surface area contributed by atoms with Crippen LogP contribution in [0.3, 0.4) is 0 Å². The second kappa shape index (κ2) is 16.1. The molecule has 4 rings (SSSR count). The Bertz CT molecular complexity index is 1570. The second-order valence-electron chi connectivity index (χ2n) is 10.7. The average Bonchev–Trinajstić information content (AvgIpc) is 3.02. The van der Waals surface area contributed by atoms with Crippen molar-refractivity contribution < 1.29 is 19.2 Å². The van der Waals surface area contributed by atoms with Gasteiger partial charge in [0.1, 0.15) is 0 Å². The molecular formula is C37H38N2O4. The van der Waals surface area contributed by atoms with Crippen LogP contribution in [0.15, 0.2) is 66.0 Å². The Balaban J connectivity index is 1.17. The summed E-state index contributed by atoms with van der Waals surface area (Å²) < 4.78 is 0. The van der Waals surface area contributed by atoms with Crippen LogP contribution in [-0.4, -0.2) is 36.2 Å². The van der Waals surface area contributed by atoms with Crippen molar-refractivity contribution in [1.29, 1.82) is 0 Å². The number of rotatable bonds is 13. The Kier molecular flexibility index (Phi) is 11.7. The van der Waals surface area contributed by atoms with Gasteiger partial charge in [-0.15, -0.1) is 17.8 Å². The quantitative estimate of drug-likeness (QED) is 0.220. The van der Waals surface area contributed by atoms with Gasteiger partial charge >= 0.3 is 0 Å². The van der Waals surface area contributed by atoms with Gasteiger partial charge in [0.05, 0.1) is 17.9 Å². The van der Waals surface area contributed by atoms with Gasteiger partial charge in [0.15, 0.2) is 11.6 Å². The normalized spacial score (nSPS) is 13.5. The fourth-order valence-electron chi connectivity index (χ4n) is 5.07. The number of aryl methyl sites for hydroxylation is 1. The fourth-order valence-corrected chi connectivity index (χ4v) is 5.07. The summed E-state index contributed by atoms with van der Waals surface area (Å²) in [6.07, 6.45) is 12.4. The molecule has 0 fully saturated rings. The topological polar surface area (TPSA) is 92.3 Å². The lowest BCUT2D eigenvalue weighted by atomic mass is 9.90. The molecule has 2 aliphatic rings. The minimum Gasteiger partial charge on any atom is -0.381 e. The van der Waals surface area contributed by atoms with E-state index in [1.54, 1.807) is 30.3 Å². The maximum atomic E-state index is 12.9. The smallest absolute Gasteiger partial charge is 0.209 e. The molecule has 6 heteroatoms. The lowest BCUT2D eigenvalue weighted by molar-refractivity contribution is 0.0978. The molecule has 6 nitrogen and oxygen atoms in total. The SMILES string of the molecule is CCCCCCCC#CCNC1=CC(=O)c2cc(CCCC#CCCNC3=CC(=O)c4ccccc4C3=O)ccc2C1=O. The number of nitrogens with one attached hydrogen (secondary N) is 2. The van der Waals surface area contributed by atoms with Crippen LogP contribution < -0.4 is 10.6 Å². The third-order valence-corrected chi connectivity index (χ3v) is 7.43. The van der Waals surface area contributed by atoms with Crippen LogP contribution in [0.2, 0.25) is 0 Å². The average molecular weight is 575 g/mol. The molecule has 2 aromatic rings. The van der Waals surface area contributed by atoms with E-state index in [9.17, 15) is 19.2 Å². The first kappa shape index (κ1) is 31.3. The molecule has 2 N–H and O–H groups in total. The molecule has 0 spiro atoms. The largest absolute Gasteiger partial charge is 0.381 e. The van der Waals surface area contributed by atoms with Gasteiger partial charge in [0.2, 0.25) is 11.6 Å². The highest BCUT2D eigenvalue weighted by Gasteiger charge is 2.26. The van der Waals surface area contributed by atoms with Crippen LogP contribution in [0.4, 0.5) is 0 Å². The summed E-state index contributed by atoms with van der Waals surface area (Å²) in [6.45, 7) is 3.01. The van der Waals surface area contributed by atoms with Crippen molar-refractivity contribution in [1.82, 2.24) is 10.6 Å². The number of hydrogen-bond acceptors (Lipinski definition) is 6. The molecule has 0 aliphatic heterocycles. The number of allylic oxidation sites excluding steroid dienone is 4. The van der Waals surface area contributed by atoms with E-state index in [4.69, 9.17) is 0 Å². The number of fused-ring (bicyclic) bond motifs is 2. The van der Waals surface area contributed by atoms with E-state index in [-0.39, 0.29) is 23.1 Å². The van der Waals surface area contributed by atoms with Gasteiger partial charge in [-0.25, -0.2) is 0 Å². The zero-order chi connectivity index (χ0) is 30.4. The molecule has 0 heterocycles. The summed E-state index contributed by atoms with van der Waals surface area (Å²) in [5.74, 6) is 11.7. The van der Waals surface area contributed by atoms with Gasteiger partial charge in [-0.05, 0) is 37.0 Å². The number of unbranched alkanes of at least 4 members (excludes halogenated alkanes) is 6. The van der Waals surface area contributed by atoms with Crippen molar-refractivity contribution in [3.05, 3.63) is 93.8 Å². The molecule has 0 atom stereocenters. The summed E-state index contributed by atoms with van der Waals surface area (Å²) in [5.41, 5.74) is 3.32. The predicted octanol–water partition coefficient (Wildman–Crippen LogP) is 6.17. The molecular weight excluding hydrogens is 536 g/mol. The number of hydrogen-bond donors (Lipinski definition) is 2. The van der Waals surface area contributed by atoms with Gasteiger partial charge in [-0.1, -0.05) is 68.9 Å². The van der Waals surface area contributed by atoms with Gasteiger partial charge in [-0.3, -0.25) is 19.2 Å². The standard InChI is InChI=1S/C37H38N2O4/c1-2-3-4-5-6-7-10-15-22-39-33-26-35(41)31-24-27(20-21-30(31)37(33)43)17-12-9-8-11-16-23-38-32-25-34(40)28-18-13-14-19-29(28)36(32)42/h13-14,18-21,24-26,38-39H,2-7,9,12,16-17,22-23H2,1H3. The summed E-state index contributed by atoms with van der Waals surface area (Å²) in [4.78, 5) is 50.5. The Morgan fingerprint density at radius 3 is 2.02 bits per heavy atom. The number of carbonyl (C=O) groups excluding carboxylic acids is 4. The van der Waals surface area contributed by atoms with Crippen LogP contribution >= 0.6 is 0 Å². The third-order valence-electron chi connectivity index (χ3n) is 7.43. The first-order valence-corrected chi connectivity index (χ1v) is 15.2. The Morgan fingerprint density at radius 1 is 0.605 bits per heavy atom. The van der Waals surface area contributed by atoms with Gasteiger partial charge in [0.25, 0.3) is 0 Å². The van der Waals surface area contributed by atoms with E-state index in [1.807, 2.05) is 12.1 Å². The summed E-state index contributed by atoms with van der Waals surface area (Å²) in [5, 5.41) is 6.06. The minimum absolute atomic E-state index is 0.172. The summed E-state index contributed by atoms with van der Waals surface area (Å²) >= 11 is 0. The van der Waals surface area contributed by atoms with E-state index in [0.717, 1.165) is 31.2 Å². The van der Waals surface area contributed by atoms with E-state index in [1.165, 1.54) is 37.8 Å². The van der Waals surface area contributed by atoms with E-state index in [0.29, 0.717) is 59.6 Å². The molecule has 0 radical (unpaired) electrons. The van der Waals surface area contributed by atoms with Crippen LogP contribution in [0.5, 0.6) is 0 Å². The van der Waals surface area contributed by atoms with Crippen LogP contribution in [0.25, 0.3) is 0 Å². The van der Waals surface area contributed by atoms with Crippen molar-refractivity contribution in [3.8, 4) is 23.7 Å². The number of Topliss-reactive ketones (excluding diaryl/α,β-unsaturated/α-hetero) is 2. The molecule has 0 bridgehead atoms. The van der Waals surface area contributed by atoms with E-state index in [2.05, 4.69) is 41.2 Å². The third kappa shape index (κ3) is 8.66. The van der Waals surface area contributed by atoms with Crippen molar-refractivity contribution in [2.75, 3.05) is 13.1 Å². The Morgan fingerprint density at radius 2 is 1.23 bits per heavy atom.